The third kappa shape index (κ3) is 2.52. The quantitative estimate of drug-likeness (QED) is 0.274. The normalized spacial score (nSPS) is 13.4. The Morgan fingerprint density at radius 3 is 2.43 bits per heavy atom. The number of hydrogen-bond acceptors (Lipinski definition) is 3. The molecule has 0 bridgehead atoms. The maximum Gasteiger partial charge on any atom is 0.288 e. The molecule has 1 unspecified atom stereocenters. The molecule has 0 amide bonds. The number of alkyl halides is 1. The Labute approximate surface area is 48.4 Å². The molecular formula is C2H4BrNO3. The first-order valence-electron chi connectivity index (χ1n) is 1.57. The van der Waals surface area contributed by atoms with Crippen LogP contribution >= 0.6 is 15.9 Å². The molecular weight excluding hydrogens is 166 g/mol. The van der Waals surface area contributed by atoms with Gasteiger partial charge in [0, 0.05) is 4.92 Å². The van der Waals surface area contributed by atoms with Crippen LogP contribution in [0, 0.1) is 10.1 Å². The van der Waals surface area contributed by atoms with Gasteiger partial charge in [-0.25, -0.2) is 0 Å². The number of aliphatic hydroxyl groups is 1. The summed E-state index contributed by atoms with van der Waals surface area (Å²) in [5, 5.41) is 17.5. The molecule has 0 aromatic rings. The Balaban J connectivity index is 3.34. The van der Waals surface area contributed by atoms with Gasteiger partial charge >= 0.3 is 0 Å². The molecule has 0 aliphatic rings. The fourth-order valence-electron chi connectivity index (χ4n) is 0.0667. The van der Waals surface area contributed by atoms with E-state index in [1.807, 2.05) is 0 Å². The molecule has 0 saturated heterocycles. The lowest BCUT2D eigenvalue weighted by Gasteiger charge is -1.91. The Kier molecular flexibility index (Phi) is 2.86. The molecule has 0 aliphatic carbocycles. The van der Waals surface area contributed by atoms with Crippen molar-refractivity contribution in [3.8, 4) is 0 Å². The van der Waals surface area contributed by atoms with E-state index < -0.39 is 16.5 Å². The first-order chi connectivity index (χ1) is 3.18. The third-order valence-corrected chi connectivity index (χ3v) is 1.00. The van der Waals surface area contributed by atoms with Crippen molar-refractivity contribution in [2.45, 2.75) is 4.95 Å². The van der Waals surface area contributed by atoms with Crippen LogP contribution in [0.4, 0.5) is 0 Å². The van der Waals surface area contributed by atoms with E-state index in [0.29, 0.717) is 0 Å². The van der Waals surface area contributed by atoms with Gasteiger partial charge in [0.15, 0.2) is 0 Å². The van der Waals surface area contributed by atoms with Crippen molar-refractivity contribution in [1.29, 1.82) is 0 Å². The number of aliphatic hydroxyl groups excluding tert-OH is 1. The Hall–Kier alpha value is -0.160. The Bertz CT molecular complexity index is 75.3. The highest BCUT2D eigenvalue weighted by molar-refractivity contribution is 9.09. The van der Waals surface area contributed by atoms with Gasteiger partial charge in [0.2, 0.25) is 0 Å². The topological polar surface area (TPSA) is 63.4 Å². The van der Waals surface area contributed by atoms with E-state index >= 15 is 0 Å². The molecule has 0 heterocycles. The minimum Gasteiger partial charge on any atom is -0.388 e. The molecule has 0 aromatic carbocycles. The molecule has 0 radical (unpaired) electrons. The maximum absolute atomic E-state index is 9.53. The molecule has 4 nitrogen and oxygen atoms in total. The van der Waals surface area contributed by atoms with Crippen LogP contribution < -0.4 is 0 Å². The van der Waals surface area contributed by atoms with Gasteiger partial charge in [0.25, 0.3) is 4.95 Å². The predicted molar refractivity (Wildman–Crippen MR) is 26.8 cm³/mol. The predicted octanol–water partition coefficient (Wildman–Crippen LogP) is -0.0236. The summed E-state index contributed by atoms with van der Waals surface area (Å²) in [4.78, 5) is 7.91. The molecule has 0 aromatic heterocycles. The third-order valence-electron chi connectivity index (χ3n) is 0.379. The molecule has 7 heavy (non-hydrogen) atoms. The van der Waals surface area contributed by atoms with E-state index in [1.54, 1.807) is 0 Å². The summed E-state index contributed by atoms with van der Waals surface area (Å²) < 4.78 is 0. The van der Waals surface area contributed by atoms with Crippen molar-refractivity contribution >= 4 is 15.9 Å². The minimum atomic E-state index is -1.01. The lowest BCUT2D eigenvalue weighted by atomic mass is 10.7. The van der Waals surface area contributed by atoms with E-state index in [0.717, 1.165) is 0 Å². The van der Waals surface area contributed by atoms with Gasteiger partial charge in [0.1, 0.15) is 6.61 Å². The Morgan fingerprint density at radius 1 is 2.00 bits per heavy atom. The first-order valence-corrected chi connectivity index (χ1v) is 2.48. The van der Waals surface area contributed by atoms with Crippen molar-refractivity contribution in [2.75, 3.05) is 6.61 Å². The van der Waals surface area contributed by atoms with Gasteiger partial charge in [-0.15, -0.1) is 0 Å². The molecule has 5 heteroatoms. The second kappa shape index (κ2) is 2.92. The molecule has 1 N–H and O–H groups in total. The fraction of sp³-hybridized carbons (Fsp3) is 1.00. The monoisotopic (exact) mass is 169 g/mol. The summed E-state index contributed by atoms with van der Waals surface area (Å²) in [5.74, 6) is 0. The highest BCUT2D eigenvalue weighted by Crippen LogP contribution is 1.95. The van der Waals surface area contributed by atoms with E-state index in [2.05, 4.69) is 15.9 Å². The number of rotatable bonds is 2. The highest BCUT2D eigenvalue weighted by Gasteiger charge is 2.10. The zero-order valence-corrected chi connectivity index (χ0v) is 4.96. The van der Waals surface area contributed by atoms with Crippen LogP contribution in [-0.4, -0.2) is 21.6 Å². The van der Waals surface area contributed by atoms with E-state index in [4.69, 9.17) is 5.11 Å². The molecule has 1 atom stereocenters. The summed E-state index contributed by atoms with van der Waals surface area (Å²) in [7, 11) is 0. The van der Waals surface area contributed by atoms with Gasteiger partial charge in [-0.05, 0) is 15.9 Å². The van der Waals surface area contributed by atoms with Gasteiger partial charge < -0.3 is 5.11 Å². The summed E-state index contributed by atoms with van der Waals surface area (Å²) in [6.07, 6.45) is 0. The van der Waals surface area contributed by atoms with Crippen LogP contribution in [0.15, 0.2) is 0 Å². The van der Waals surface area contributed by atoms with Gasteiger partial charge in [-0.1, -0.05) is 0 Å². The van der Waals surface area contributed by atoms with Crippen molar-refractivity contribution in [2.24, 2.45) is 0 Å². The van der Waals surface area contributed by atoms with E-state index in [-0.39, 0.29) is 0 Å². The standard InChI is InChI=1S/C2H4BrNO3/c3-2(1-5)4(6)7/h2,5H,1H2. The molecule has 0 saturated carbocycles. The van der Waals surface area contributed by atoms with Gasteiger partial charge in [-0.3, -0.25) is 10.1 Å². The van der Waals surface area contributed by atoms with Crippen LogP contribution in [-0.2, 0) is 0 Å². The average Bonchev–Trinajstić information content (AvgIpc) is 1.65. The lowest BCUT2D eigenvalue weighted by molar-refractivity contribution is -0.495. The molecule has 0 aliphatic heterocycles. The smallest absolute Gasteiger partial charge is 0.288 e. The summed E-state index contributed by atoms with van der Waals surface area (Å²) in [5.41, 5.74) is 0. The van der Waals surface area contributed by atoms with E-state index in [9.17, 15) is 10.1 Å². The average molecular weight is 170 g/mol. The molecule has 0 rings (SSSR count). The van der Waals surface area contributed by atoms with Gasteiger partial charge in [-0.2, -0.15) is 0 Å². The second-order valence-electron chi connectivity index (χ2n) is 0.902. The van der Waals surface area contributed by atoms with Crippen LogP contribution in [0.1, 0.15) is 0 Å². The zero-order valence-electron chi connectivity index (χ0n) is 3.37. The van der Waals surface area contributed by atoms with Crippen LogP contribution in [0.3, 0.4) is 0 Å². The minimum absolute atomic E-state index is 0.465. The van der Waals surface area contributed by atoms with Crippen LogP contribution in [0.25, 0.3) is 0 Å². The summed E-state index contributed by atoms with van der Waals surface area (Å²) in [6, 6.07) is 0. The van der Waals surface area contributed by atoms with Crippen LogP contribution in [0.5, 0.6) is 0 Å². The summed E-state index contributed by atoms with van der Waals surface area (Å²) >= 11 is 2.59. The van der Waals surface area contributed by atoms with Gasteiger partial charge in [0.05, 0.1) is 0 Å². The van der Waals surface area contributed by atoms with Crippen molar-refractivity contribution in [3.63, 3.8) is 0 Å². The number of nitro groups is 1. The second-order valence-corrected chi connectivity index (χ2v) is 1.96. The van der Waals surface area contributed by atoms with Crippen molar-refractivity contribution in [3.05, 3.63) is 10.1 Å². The fourth-order valence-corrected chi connectivity index (χ4v) is 0.0667. The Morgan fingerprint density at radius 2 is 2.43 bits per heavy atom. The first kappa shape index (κ1) is 6.84. The largest absolute Gasteiger partial charge is 0.388 e. The molecule has 42 valence electrons. The number of halogens is 1. The highest BCUT2D eigenvalue weighted by atomic mass is 79.9. The van der Waals surface area contributed by atoms with Crippen LogP contribution in [0.2, 0.25) is 0 Å². The maximum atomic E-state index is 9.53. The number of hydrogen-bond donors (Lipinski definition) is 1. The zero-order chi connectivity index (χ0) is 5.86. The number of nitrogens with zero attached hydrogens (tertiary/aromatic N) is 1. The van der Waals surface area contributed by atoms with Crippen molar-refractivity contribution in [1.82, 2.24) is 0 Å². The molecule has 0 fully saturated rings. The SMILES string of the molecule is O=[N+]([O-])C(Br)CO. The van der Waals surface area contributed by atoms with E-state index in [1.165, 1.54) is 0 Å². The summed E-state index contributed by atoms with van der Waals surface area (Å²) in [6.45, 7) is -0.465. The molecule has 0 spiro atoms. The lowest BCUT2D eigenvalue weighted by Crippen LogP contribution is -2.14. The van der Waals surface area contributed by atoms with Crippen molar-refractivity contribution < 1.29 is 10.0 Å².